The molecule has 0 unspecified atom stereocenters. The van der Waals surface area contributed by atoms with Gasteiger partial charge in [0.25, 0.3) is 5.95 Å². The Labute approximate surface area is 217 Å². The Kier molecular flexibility index (Phi) is 7.07. The minimum absolute atomic E-state index is 0.201. The Morgan fingerprint density at radius 1 is 0.974 bits per heavy atom. The van der Waals surface area contributed by atoms with Crippen LogP contribution in [0.25, 0.3) is 17.1 Å². The van der Waals surface area contributed by atoms with Gasteiger partial charge in [-0.1, -0.05) is 42.5 Å². The van der Waals surface area contributed by atoms with E-state index in [9.17, 15) is 9.59 Å². The lowest BCUT2D eigenvalue weighted by molar-refractivity contribution is -0.131. The van der Waals surface area contributed by atoms with Gasteiger partial charge in [0.2, 0.25) is 5.88 Å². The van der Waals surface area contributed by atoms with Crippen LogP contribution < -0.4 is 9.47 Å². The predicted molar refractivity (Wildman–Crippen MR) is 136 cm³/mol. The third-order valence-electron chi connectivity index (χ3n) is 5.48. The van der Waals surface area contributed by atoms with Crippen molar-refractivity contribution in [3.63, 3.8) is 0 Å². The van der Waals surface area contributed by atoms with Crippen molar-refractivity contribution in [2.45, 2.75) is 27.0 Å². The van der Waals surface area contributed by atoms with E-state index in [0.29, 0.717) is 29.3 Å². The van der Waals surface area contributed by atoms with Crippen LogP contribution in [0.15, 0.2) is 73.3 Å². The molecule has 0 amide bonds. The van der Waals surface area contributed by atoms with Crippen molar-refractivity contribution in [1.29, 1.82) is 0 Å². The lowest BCUT2D eigenvalue weighted by atomic mass is 10.2. The maximum atomic E-state index is 12.1. The third kappa shape index (κ3) is 5.51. The molecule has 2 aromatic carbocycles. The van der Waals surface area contributed by atoms with Crippen molar-refractivity contribution >= 4 is 23.1 Å². The molecule has 0 radical (unpaired) electrons. The largest absolute Gasteiger partial charge is 0.471 e. The van der Waals surface area contributed by atoms with Crippen molar-refractivity contribution < 1.29 is 23.8 Å². The van der Waals surface area contributed by atoms with Crippen molar-refractivity contribution in [3.05, 3.63) is 90.0 Å². The van der Waals surface area contributed by atoms with E-state index in [4.69, 9.17) is 14.2 Å². The van der Waals surface area contributed by atoms with Gasteiger partial charge in [0.1, 0.15) is 12.4 Å². The van der Waals surface area contributed by atoms with Crippen LogP contribution in [0.4, 0.5) is 0 Å². The van der Waals surface area contributed by atoms with Crippen molar-refractivity contribution in [3.8, 4) is 17.6 Å². The highest BCUT2D eigenvalue weighted by Gasteiger charge is 2.18. The standard InChI is InChI=1S/C27H24N6O5/c1-3-36-26(35)21-13-29-33(15-21)27-30-24-23(25(31-27)37-16-20-7-5-4-6-8-20)32(17-28-24)14-19-9-11-22(12-10-19)38-18(2)34/h4-13,15,17H,3,14,16H2,1-2H3. The van der Waals surface area contributed by atoms with Gasteiger partial charge in [-0.15, -0.1) is 0 Å². The molecule has 0 aliphatic carbocycles. The summed E-state index contributed by atoms with van der Waals surface area (Å²) in [6.07, 6.45) is 4.56. The lowest BCUT2D eigenvalue weighted by Gasteiger charge is -2.11. The van der Waals surface area contributed by atoms with Gasteiger partial charge in [-0.2, -0.15) is 15.1 Å². The van der Waals surface area contributed by atoms with Crippen LogP contribution in [0.5, 0.6) is 11.6 Å². The molecule has 11 nitrogen and oxygen atoms in total. The second-order valence-electron chi connectivity index (χ2n) is 8.28. The second-order valence-corrected chi connectivity index (χ2v) is 8.28. The minimum atomic E-state index is -0.482. The number of hydrogen-bond acceptors (Lipinski definition) is 9. The number of ether oxygens (including phenoxy) is 3. The van der Waals surface area contributed by atoms with E-state index in [1.165, 1.54) is 24.0 Å². The van der Waals surface area contributed by atoms with Gasteiger partial charge in [0.05, 0.1) is 24.7 Å². The van der Waals surface area contributed by atoms with Crippen LogP contribution in [-0.2, 0) is 22.7 Å². The Morgan fingerprint density at radius 3 is 2.50 bits per heavy atom. The number of aromatic nitrogens is 6. The van der Waals surface area contributed by atoms with Gasteiger partial charge in [0.15, 0.2) is 11.2 Å². The predicted octanol–water partition coefficient (Wildman–Crippen LogP) is 3.74. The smallest absolute Gasteiger partial charge is 0.341 e. The average Bonchev–Trinajstić information content (AvgIpc) is 3.57. The van der Waals surface area contributed by atoms with Gasteiger partial charge in [-0.25, -0.2) is 14.5 Å². The first kappa shape index (κ1) is 24.6. The summed E-state index contributed by atoms with van der Waals surface area (Å²) in [5.74, 6) is 0.128. The number of fused-ring (bicyclic) bond motifs is 1. The van der Waals surface area contributed by atoms with Crippen LogP contribution in [0.2, 0.25) is 0 Å². The summed E-state index contributed by atoms with van der Waals surface area (Å²) >= 11 is 0. The highest BCUT2D eigenvalue weighted by atomic mass is 16.5. The average molecular weight is 513 g/mol. The Bertz CT molecular complexity index is 1580. The fourth-order valence-electron chi connectivity index (χ4n) is 3.76. The SMILES string of the molecule is CCOC(=O)c1cnn(-c2nc(OCc3ccccc3)c3c(ncn3Cc3ccc(OC(C)=O)cc3)n2)c1. The molecule has 5 rings (SSSR count). The molecule has 0 bridgehead atoms. The van der Waals surface area contributed by atoms with Crippen molar-refractivity contribution in [1.82, 2.24) is 29.3 Å². The Hall–Kier alpha value is -5.06. The summed E-state index contributed by atoms with van der Waals surface area (Å²) in [4.78, 5) is 37.0. The minimum Gasteiger partial charge on any atom is -0.471 e. The molecule has 0 spiro atoms. The van der Waals surface area contributed by atoms with E-state index < -0.39 is 5.97 Å². The van der Waals surface area contributed by atoms with E-state index in [0.717, 1.165) is 11.1 Å². The number of benzene rings is 2. The van der Waals surface area contributed by atoms with Gasteiger partial charge >= 0.3 is 11.9 Å². The zero-order chi connectivity index (χ0) is 26.5. The number of nitrogens with zero attached hydrogens (tertiary/aromatic N) is 6. The molecule has 192 valence electrons. The van der Waals surface area contributed by atoms with Crippen LogP contribution in [0.3, 0.4) is 0 Å². The van der Waals surface area contributed by atoms with Crippen molar-refractivity contribution in [2.75, 3.05) is 6.61 Å². The molecule has 3 aromatic heterocycles. The number of carbonyl (C=O) groups is 2. The van der Waals surface area contributed by atoms with Gasteiger partial charge in [-0.05, 0) is 30.2 Å². The first-order valence-electron chi connectivity index (χ1n) is 11.9. The van der Waals surface area contributed by atoms with Crippen LogP contribution in [-0.4, -0.2) is 47.8 Å². The molecule has 3 heterocycles. The maximum absolute atomic E-state index is 12.1. The maximum Gasteiger partial charge on any atom is 0.341 e. The van der Waals surface area contributed by atoms with Crippen LogP contribution in [0.1, 0.15) is 35.3 Å². The fraction of sp³-hybridized carbons (Fsp3) is 0.185. The third-order valence-corrected chi connectivity index (χ3v) is 5.48. The summed E-state index contributed by atoms with van der Waals surface area (Å²) in [6, 6.07) is 16.9. The zero-order valence-electron chi connectivity index (χ0n) is 20.8. The number of esters is 2. The lowest BCUT2D eigenvalue weighted by Crippen LogP contribution is -2.08. The van der Waals surface area contributed by atoms with Crippen LogP contribution in [0, 0.1) is 0 Å². The summed E-state index contributed by atoms with van der Waals surface area (Å²) in [5.41, 5.74) is 3.21. The summed E-state index contributed by atoms with van der Waals surface area (Å²) in [5, 5.41) is 4.22. The molecular weight excluding hydrogens is 488 g/mol. The van der Waals surface area contributed by atoms with Gasteiger partial charge in [0, 0.05) is 19.7 Å². The first-order chi connectivity index (χ1) is 18.5. The second kappa shape index (κ2) is 10.9. The highest BCUT2D eigenvalue weighted by Crippen LogP contribution is 2.25. The molecule has 0 fully saturated rings. The van der Waals surface area contributed by atoms with Gasteiger partial charge < -0.3 is 18.8 Å². The first-order valence-corrected chi connectivity index (χ1v) is 11.9. The summed E-state index contributed by atoms with van der Waals surface area (Å²) in [6.45, 7) is 4.09. The zero-order valence-corrected chi connectivity index (χ0v) is 20.8. The van der Waals surface area contributed by atoms with E-state index in [2.05, 4.69) is 20.1 Å². The molecule has 0 aliphatic rings. The molecule has 38 heavy (non-hydrogen) atoms. The van der Waals surface area contributed by atoms with E-state index >= 15 is 0 Å². The van der Waals surface area contributed by atoms with Crippen LogP contribution >= 0.6 is 0 Å². The van der Waals surface area contributed by atoms with E-state index in [1.54, 1.807) is 25.4 Å². The van der Waals surface area contributed by atoms with E-state index in [1.807, 2.05) is 47.0 Å². The Morgan fingerprint density at radius 2 is 1.76 bits per heavy atom. The number of carbonyl (C=O) groups excluding carboxylic acids is 2. The van der Waals surface area contributed by atoms with Crippen molar-refractivity contribution in [2.24, 2.45) is 0 Å². The molecule has 11 heteroatoms. The molecular formula is C27H24N6O5. The number of imidazole rings is 1. The highest BCUT2D eigenvalue weighted by molar-refractivity contribution is 5.88. The number of rotatable bonds is 9. The summed E-state index contributed by atoms with van der Waals surface area (Å²) < 4.78 is 19.6. The molecule has 0 aliphatic heterocycles. The molecule has 0 N–H and O–H groups in total. The van der Waals surface area contributed by atoms with E-state index in [-0.39, 0.29) is 30.7 Å². The number of hydrogen-bond donors (Lipinski definition) is 0. The quantitative estimate of drug-likeness (QED) is 0.215. The monoisotopic (exact) mass is 512 g/mol. The molecule has 5 aromatic rings. The molecule has 0 saturated carbocycles. The molecule has 0 atom stereocenters. The Balaban J connectivity index is 1.49. The summed E-state index contributed by atoms with van der Waals surface area (Å²) in [7, 11) is 0. The fourth-order valence-corrected chi connectivity index (χ4v) is 3.76. The molecule has 0 saturated heterocycles. The topological polar surface area (TPSA) is 123 Å². The normalized spacial score (nSPS) is 10.9. The van der Waals surface area contributed by atoms with Gasteiger partial charge in [-0.3, -0.25) is 4.79 Å².